The van der Waals surface area contributed by atoms with Crippen molar-refractivity contribution in [3.05, 3.63) is 95.8 Å². The first-order valence-corrected chi connectivity index (χ1v) is 8.66. The third-order valence-corrected chi connectivity index (χ3v) is 4.61. The van der Waals surface area contributed by atoms with Crippen molar-refractivity contribution < 1.29 is 14.0 Å². The van der Waals surface area contributed by atoms with Crippen LogP contribution in [-0.4, -0.2) is 17.9 Å². The molecule has 4 nitrogen and oxygen atoms in total. The quantitative estimate of drug-likeness (QED) is 0.766. The third-order valence-electron chi connectivity index (χ3n) is 4.61. The monoisotopic (exact) mass is 360 g/mol. The molecule has 2 amide bonds. The maximum absolute atomic E-state index is 13.4. The van der Waals surface area contributed by atoms with Gasteiger partial charge in [0.25, 0.3) is 5.91 Å². The predicted molar refractivity (Wildman–Crippen MR) is 102 cm³/mol. The van der Waals surface area contributed by atoms with Gasteiger partial charge in [0, 0.05) is 23.4 Å². The van der Waals surface area contributed by atoms with Crippen LogP contribution >= 0.6 is 0 Å². The van der Waals surface area contributed by atoms with Crippen LogP contribution < -0.4 is 10.2 Å². The van der Waals surface area contributed by atoms with E-state index < -0.39 is 11.9 Å². The first-order valence-electron chi connectivity index (χ1n) is 8.66. The Balaban J connectivity index is 1.66. The molecule has 0 fully saturated rings. The van der Waals surface area contributed by atoms with Crippen LogP contribution in [0.4, 0.5) is 15.8 Å². The van der Waals surface area contributed by atoms with Gasteiger partial charge in [-0.1, -0.05) is 42.5 Å². The number of nitrogens with one attached hydrogen (secondary N) is 1. The summed E-state index contributed by atoms with van der Waals surface area (Å²) in [5.41, 5.74) is 2.53. The minimum absolute atomic E-state index is 0.236. The summed E-state index contributed by atoms with van der Waals surface area (Å²) < 4.78 is 13.4. The Hall–Kier alpha value is -3.47. The number of carbonyl (C=O) groups excluding carboxylic acids is 2. The van der Waals surface area contributed by atoms with Crippen molar-refractivity contribution in [1.82, 2.24) is 0 Å². The van der Waals surface area contributed by atoms with Crippen LogP contribution in [0.1, 0.15) is 15.9 Å². The Labute approximate surface area is 156 Å². The Bertz CT molecular complexity index is 1000. The lowest BCUT2D eigenvalue weighted by Gasteiger charge is -2.25. The Morgan fingerprint density at radius 3 is 2.44 bits per heavy atom. The highest BCUT2D eigenvalue weighted by atomic mass is 19.1. The number of hydrogen-bond donors (Lipinski definition) is 1. The summed E-state index contributed by atoms with van der Waals surface area (Å²) in [6.07, 6.45) is 0.413. The van der Waals surface area contributed by atoms with Crippen LogP contribution in [0.25, 0.3) is 0 Å². The Morgan fingerprint density at radius 1 is 0.926 bits per heavy atom. The van der Waals surface area contributed by atoms with Gasteiger partial charge in [0.1, 0.15) is 11.9 Å². The molecule has 1 aliphatic rings. The van der Waals surface area contributed by atoms with Crippen molar-refractivity contribution in [3.8, 4) is 0 Å². The summed E-state index contributed by atoms with van der Waals surface area (Å²) in [6.45, 7) is 0. The number of rotatable bonds is 3. The van der Waals surface area contributed by atoms with Gasteiger partial charge in [-0.3, -0.25) is 14.5 Å². The zero-order valence-corrected chi connectivity index (χ0v) is 14.4. The summed E-state index contributed by atoms with van der Waals surface area (Å²) in [5, 5.41) is 2.72. The molecule has 0 spiro atoms. The van der Waals surface area contributed by atoms with Gasteiger partial charge in [-0.25, -0.2) is 4.39 Å². The number of nitrogens with zero attached hydrogens (tertiary/aromatic N) is 1. The van der Waals surface area contributed by atoms with Crippen molar-refractivity contribution in [1.29, 1.82) is 0 Å². The van der Waals surface area contributed by atoms with E-state index in [0.717, 1.165) is 11.3 Å². The molecule has 1 aliphatic heterocycles. The fourth-order valence-corrected chi connectivity index (χ4v) is 3.36. The van der Waals surface area contributed by atoms with E-state index in [2.05, 4.69) is 5.32 Å². The lowest BCUT2D eigenvalue weighted by Crippen LogP contribution is -2.45. The largest absolute Gasteiger partial charge is 0.324 e. The highest BCUT2D eigenvalue weighted by molar-refractivity contribution is 6.13. The van der Waals surface area contributed by atoms with Crippen LogP contribution in [0.2, 0.25) is 0 Å². The van der Waals surface area contributed by atoms with Crippen molar-refractivity contribution >= 4 is 23.2 Å². The van der Waals surface area contributed by atoms with Crippen molar-refractivity contribution in [2.75, 3.05) is 10.2 Å². The fraction of sp³-hybridized carbons (Fsp3) is 0.0909. The SMILES string of the molecule is O=C(Nc1cccc(F)c1)C1Cc2ccccc2N1C(=O)c1ccccc1. The first kappa shape index (κ1) is 17.0. The van der Waals surface area contributed by atoms with Gasteiger partial charge >= 0.3 is 0 Å². The van der Waals surface area contributed by atoms with E-state index in [0.29, 0.717) is 17.7 Å². The molecule has 1 atom stereocenters. The molecule has 0 aromatic heterocycles. The second-order valence-corrected chi connectivity index (χ2v) is 6.39. The molecular weight excluding hydrogens is 343 g/mol. The van der Waals surface area contributed by atoms with E-state index in [4.69, 9.17) is 0 Å². The fourth-order valence-electron chi connectivity index (χ4n) is 3.36. The predicted octanol–water partition coefficient (Wildman–Crippen LogP) is 4.04. The molecule has 3 aromatic rings. The van der Waals surface area contributed by atoms with Gasteiger partial charge in [-0.05, 0) is 42.0 Å². The number of halogens is 1. The number of benzene rings is 3. The van der Waals surface area contributed by atoms with Gasteiger partial charge in [0.15, 0.2) is 0 Å². The van der Waals surface area contributed by atoms with Crippen LogP contribution in [0, 0.1) is 5.82 Å². The number of fused-ring (bicyclic) bond motifs is 1. The molecule has 0 radical (unpaired) electrons. The summed E-state index contributed by atoms with van der Waals surface area (Å²) >= 11 is 0. The number of hydrogen-bond acceptors (Lipinski definition) is 2. The highest BCUT2D eigenvalue weighted by Crippen LogP contribution is 2.34. The zero-order valence-electron chi connectivity index (χ0n) is 14.4. The average molecular weight is 360 g/mol. The number of carbonyl (C=O) groups is 2. The van der Waals surface area contributed by atoms with Crippen molar-refractivity contribution in [2.24, 2.45) is 0 Å². The summed E-state index contributed by atoms with van der Waals surface area (Å²) in [6, 6.07) is 21.4. The molecular formula is C22H17FN2O2. The summed E-state index contributed by atoms with van der Waals surface area (Å²) in [7, 11) is 0. The van der Waals surface area contributed by atoms with Crippen LogP contribution in [0.3, 0.4) is 0 Å². The van der Waals surface area contributed by atoms with Crippen LogP contribution in [-0.2, 0) is 11.2 Å². The standard InChI is InChI=1S/C22H17FN2O2/c23-17-10-6-11-18(14-17)24-21(26)20-13-16-9-4-5-12-19(16)25(20)22(27)15-7-2-1-3-8-15/h1-12,14,20H,13H2,(H,24,26). The van der Waals surface area contributed by atoms with E-state index in [1.807, 2.05) is 30.3 Å². The highest BCUT2D eigenvalue weighted by Gasteiger charge is 2.38. The number of amides is 2. The molecule has 5 heteroatoms. The maximum atomic E-state index is 13.4. The van der Waals surface area contributed by atoms with E-state index in [1.54, 1.807) is 30.3 Å². The molecule has 1 heterocycles. The van der Waals surface area contributed by atoms with E-state index in [1.165, 1.54) is 23.1 Å². The zero-order chi connectivity index (χ0) is 18.8. The molecule has 0 saturated carbocycles. The van der Waals surface area contributed by atoms with Gasteiger partial charge < -0.3 is 5.32 Å². The average Bonchev–Trinajstić information content (AvgIpc) is 3.08. The molecule has 27 heavy (non-hydrogen) atoms. The molecule has 0 aliphatic carbocycles. The van der Waals surface area contributed by atoms with Gasteiger partial charge in [0.2, 0.25) is 5.91 Å². The number of anilines is 2. The van der Waals surface area contributed by atoms with E-state index >= 15 is 0 Å². The number of para-hydroxylation sites is 1. The maximum Gasteiger partial charge on any atom is 0.259 e. The van der Waals surface area contributed by atoms with Gasteiger partial charge in [0.05, 0.1) is 0 Å². The molecule has 0 bridgehead atoms. The lowest BCUT2D eigenvalue weighted by molar-refractivity contribution is -0.117. The van der Waals surface area contributed by atoms with E-state index in [9.17, 15) is 14.0 Å². The first-order chi connectivity index (χ1) is 13.1. The molecule has 4 rings (SSSR count). The minimum atomic E-state index is -0.696. The van der Waals surface area contributed by atoms with Crippen LogP contribution in [0.5, 0.6) is 0 Å². The van der Waals surface area contributed by atoms with Crippen LogP contribution in [0.15, 0.2) is 78.9 Å². The van der Waals surface area contributed by atoms with Gasteiger partial charge in [-0.15, -0.1) is 0 Å². The molecule has 3 aromatic carbocycles. The Kier molecular flexibility index (Phi) is 4.42. The minimum Gasteiger partial charge on any atom is -0.324 e. The molecule has 134 valence electrons. The molecule has 0 saturated heterocycles. The molecule has 1 unspecified atom stereocenters. The lowest BCUT2D eigenvalue weighted by atomic mass is 10.1. The Morgan fingerprint density at radius 2 is 1.67 bits per heavy atom. The topological polar surface area (TPSA) is 49.4 Å². The van der Waals surface area contributed by atoms with Crippen molar-refractivity contribution in [3.63, 3.8) is 0 Å². The third kappa shape index (κ3) is 3.31. The van der Waals surface area contributed by atoms with E-state index in [-0.39, 0.29) is 11.8 Å². The normalized spacial score (nSPS) is 15.3. The van der Waals surface area contributed by atoms with Crippen molar-refractivity contribution in [2.45, 2.75) is 12.5 Å². The summed E-state index contributed by atoms with van der Waals surface area (Å²) in [5.74, 6) is -1.01. The second kappa shape index (κ2) is 7.03. The van der Waals surface area contributed by atoms with Gasteiger partial charge in [-0.2, -0.15) is 0 Å². The molecule has 1 N–H and O–H groups in total. The second-order valence-electron chi connectivity index (χ2n) is 6.39. The smallest absolute Gasteiger partial charge is 0.259 e. The summed E-state index contributed by atoms with van der Waals surface area (Å²) in [4.78, 5) is 27.6.